The van der Waals surface area contributed by atoms with Gasteiger partial charge >= 0.3 is 6.18 Å². The lowest BCUT2D eigenvalue weighted by Gasteiger charge is -2.27. The Hall–Kier alpha value is -3.17. The first-order chi connectivity index (χ1) is 13.3. The first-order valence-corrected chi connectivity index (χ1v) is 8.76. The summed E-state index contributed by atoms with van der Waals surface area (Å²) in [4.78, 5) is 22.2. The monoisotopic (exact) mass is 390 g/mol. The molecule has 1 N–H and O–H groups in total. The number of hydrogen-bond acceptors (Lipinski definition) is 5. The number of nitrogens with one attached hydrogen (secondary N) is 1. The van der Waals surface area contributed by atoms with E-state index in [4.69, 9.17) is 0 Å². The van der Waals surface area contributed by atoms with Gasteiger partial charge in [0.15, 0.2) is 11.3 Å². The number of fused-ring (bicyclic) bond motifs is 1. The molecule has 1 aliphatic rings. The van der Waals surface area contributed by atoms with Gasteiger partial charge in [-0.2, -0.15) is 13.2 Å². The highest BCUT2D eigenvalue weighted by atomic mass is 19.4. The molecule has 0 saturated carbocycles. The summed E-state index contributed by atoms with van der Waals surface area (Å²) in [5.41, 5.74) is 1.48. The molecule has 1 aliphatic heterocycles. The number of pyridine rings is 1. The average Bonchev–Trinajstić information content (AvgIpc) is 3.25. The molecule has 1 fully saturated rings. The zero-order valence-corrected chi connectivity index (χ0v) is 14.9. The Bertz CT molecular complexity index is 1020. The number of aryl methyl sites for hydroxylation is 1. The zero-order chi connectivity index (χ0) is 19.9. The second-order valence-corrected chi connectivity index (χ2v) is 6.60. The van der Waals surface area contributed by atoms with Crippen LogP contribution in [0.15, 0.2) is 36.7 Å². The summed E-state index contributed by atoms with van der Waals surface area (Å²) in [7, 11) is 0. The van der Waals surface area contributed by atoms with Crippen molar-refractivity contribution in [2.24, 2.45) is 0 Å². The van der Waals surface area contributed by atoms with Gasteiger partial charge in [-0.25, -0.2) is 9.50 Å². The second-order valence-electron chi connectivity index (χ2n) is 6.60. The van der Waals surface area contributed by atoms with Crippen LogP contribution in [-0.2, 0) is 0 Å². The molecule has 4 heterocycles. The normalized spacial score (nSPS) is 17.3. The molecule has 4 rings (SSSR count). The van der Waals surface area contributed by atoms with E-state index in [1.807, 2.05) is 0 Å². The van der Waals surface area contributed by atoms with Gasteiger partial charge in [0.2, 0.25) is 0 Å². The lowest BCUT2D eigenvalue weighted by molar-refractivity contribution is -0.146. The molecule has 1 amide bonds. The van der Waals surface area contributed by atoms with Gasteiger partial charge < -0.3 is 10.2 Å². The van der Waals surface area contributed by atoms with Crippen molar-refractivity contribution in [3.8, 4) is 0 Å². The van der Waals surface area contributed by atoms with Crippen molar-refractivity contribution in [3.63, 3.8) is 0 Å². The number of nitrogens with zero attached hydrogens (tertiary/aromatic N) is 5. The molecule has 0 radical (unpaired) electrons. The Morgan fingerprint density at radius 3 is 2.82 bits per heavy atom. The van der Waals surface area contributed by atoms with Crippen molar-refractivity contribution in [2.75, 3.05) is 16.8 Å². The summed E-state index contributed by atoms with van der Waals surface area (Å²) in [5, 5.41) is 7.01. The van der Waals surface area contributed by atoms with Crippen LogP contribution in [0.3, 0.4) is 0 Å². The van der Waals surface area contributed by atoms with Crippen LogP contribution in [0.2, 0.25) is 0 Å². The Labute approximate surface area is 158 Å². The molecule has 146 valence electrons. The lowest BCUT2D eigenvalue weighted by atomic mass is 10.2. The van der Waals surface area contributed by atoms with Gasteiger partial charge in [0, 0.05) is 12.7 Å². The molecule has 0 spiro atoms. The Kier molecular flexibility index (Phi) is 4.40. The summed E-state index contributed by atoms with van der Waals surface area (Å²) in [6.45, 7) is 1.91. The molecule has 3 aromatic heterocycles. The fraction of sp³-hybridized carbons (Fsp3) is 0.333. The van der Waals surface area contributed by atoms with Crippen molar-refractivity contribution in [3.05, 3.63) is 48.0 Å². The number of alkyl halides is 3. The molecule has 7 nitrogen and oxygen atoms in total. The van der Waals surface area contributed by atoms with Crippen LogP contribution in [0.5, 0.6) is 0 Å². The largest absolute Gasteiger partial charge is 0.408 e. The fourth-order valence-corrected chi connectivity index (χ4v) is 3.46. The van der Waals surface area contributed by atoms with E-state index in [0.29, 0.717) is 23.4 Å². The van der Waals surface area contributed by atoms with Crippen molar-refractivity contribution < 1.29 is 18.0 Å². The van der Waals surface area contributed by atoms with Gasteiger partial charge in [0.25, 0.3) is 5.91 Å². The standard InChI is InChI=1S/C18H17F3N6O/c1-11-16(17(28)24-12-4-2-8-22-10-12)27-14(23-11)6-7-15(25-27)26-9-3-5-13(26)18(19,20)21/h2,4,6-8,10,13H,3,5,9H2,1H3,(H,24,28). The molecule has 0 aromatic carbocycles. The summed E-state index contributed by atoms with van der Waals surface area (Å²) >= 11 is 0. The molecule has 1 saturated heterocycles. The third-order valence-electron chi connectivity index (χ3n) is 4.70. The number of hydrogen-bond donors (Lipinski definition) is 1. The first kappa shape index (κ1) is 18.2. The van der Waals surface area contributed by atoms with E-state index in [1.165, 1.54) is 21.7 Å². The number of carbonyl (C=O) groups excluding carboxylic acids is 1. The van der Waals surface area contributed by atoms with Gasteiger partial charge in [-0.1, -0.05) is 0 Å². The third kappa shape index (κ3) is 3.25. The summed E-state index contributed by atoms with van der Waals surface area (Å²) in [6.07, 6.45) is -0.802. The van der Waals surface area contributed by atoms with Gasteiger partial charge in [-0.3, -0.25) is 9.78 Å². The third-order valence-corrected chi connectivity index (χ3v) is 4.70. The van der Waals surface area contributed by atoms with E-state index >= 15 is 0 Å². The van der Waals surface area contributed by atoms with Crippen molar-refractivity contribution in [1.82, 2.24) is 19.6 Å². The summed E-state index contributed by atoms with van der Waals surface area (Å²) in [6, 6.07) is 4.87. The predicted molar refractivity (Wildman–Crippen MR) is 96.3 cm³/mol. The summed E-state index contributed by atoms with van der Waals surface area (Å²) < 4.78 is 41.2. The fourth-order valence-electron chi connectivity index (χ4n) is 3.46. The number of imidazole rings is 1. The molecule has 1 atom stereocenters. The Morgan fingerprint density at radius 2 is 2.11 bits per heavy atom. The molecular weight excluding hydrogens is 373 g/mol. The van der Waals surface area contributed by atoms with E-state index < -0.39 is 18.1 Å². The lowest BCUT2D eigenvalue weighted by Crippen LogP contribution is -2.41. The van der Waals surface area contributed by atoms with Gasteiger partial charge in [-0.15, -0.1) is 5.10 Å². The SMILES string of the molecule is Cc1nc2ccc(N3CCCC3C(F)(F)F)nn2c1C(=O)Nc1cccnc1. The molecule has 0 aliphatic carbocycles. The highest BCUT2D eigenvalue weighted by Gasteiger charge is 2.46. The second kappa shape index (κ2) is 6.77. The number of anilines is 2. The van der Waals surface area contributed by atoms with Crippen LogP contribution in [-0.4, -0.2) is 44.3 Å². The summed E-state index contributed by atoms with van der Waals surface area (Å²) in [5.74, 6) is -0.295. The van der Waals surface area contributed by atoms with Crippen LogP contribution in [0.1, 0.15) is 29.0 Å². The van der Waals surface area contributed by atoms with E-state index in [9.17, 15) is 18.0 Å². The molecule has 0 bridgehead atoms. The topological polar surface area (TPSA) is 75.4 Å². The van der Waals surface area contributed by atoms with E-state index in [-0.39, 0.29) is 24.5 Å². The maximum Gasteiger partial charge on any atom is 0.408 e. The average molecular weight is 390 g/mol. The minimum Gasteiger partial charge on any atom is -0.343 e. The number of halogens is 3. The first-order valence-electron chi connectivity index (χ1n) is 8.76. The molecule has 3 aromatic rings. The Morgan fingerprint density at radius 1 is 1.29 bits per heavy atom. The minimum absolute atomic E-state index is 0.0283. The van der Waals surface area contributed by atoms with Crippen molar-refractivity contribution >= 4 is 23.1 Å². The molecule has 28 heavy (non-hydrogen) atoms. The van der Waals surface area contributed by atoms with Gasteiger partial charge in [-0.05, 0) is 44.0 Å². The molecular formula is C18H17F3N6O. The van der Waals surface area contributed by atoms with Crippen LogP contribution >= 0.6 is 0 Å². The highest BCUT2D eigenvalue weighted by molar-refractivity contribution is 6.04. The number of amides is 1. The quantitative estimate of drug-likeness (QED) is 0.743. The van der Waals surface area contributed by atoms with Gasteiger partial charge in [0.1, 0.15) is 11.9 Å². The predicted octanol–water partition coefficient (Wildman–Crippen LogP) is 3.22. The van der Waals surface area contributed by atoms with E-state index in [1.54, 1.807) is 31.3 Å². The molecule has 1 unspecified atom stereocenters. The van der Waals surface area contributed by atoms with Crippen LogP contribution < -0.4 is 10.2 Å². The van der Waals surface area contributed by atoms with E-state index in [2.05, 4.69) is 20.4 Å². The number of rotatable bonds is 3. The Balaban J connectivity index is 1.71. The number of carbonyl (C=O) groups is 1. The maximum absolute atomic E-state index is 13.3. The van der Waals surface area contributed by atoms with Gasteiger partial charge in [0.05, 0.1) is 17.6 Å². The number of aromatic nitrogens is 4. The van der Waals surface area contributed by atoms with Crippen LogP contribution in [0.25, 0.3) is 5.65 Å². The zero-order valence-electron chi connectivity index (χ0n) is 14.9. The van der Waals surface area contributed by atoms with Crippen LogP contribution in [0.4, 0.5) is 24.7 Å². The van der Waals surface area contributed by atoms with E-state index in [0.717, 1.165) is 0 Å². The maximum atomic E-state index is 13.3. The highest BCUT2D eigenvalue weighted by Crippen LogP contribution is 2.35. The van der Waals surface area contributed by atoms with Crippen molar-refractivity contribution in [1.29, 1.82) is 0 Å². The minimum atomic E-state index is -4.33. The molecule has 10 heteroatoms. The van der Waals surface area contributed by atoms with Crippen LogP contribution in [0, 0.1) is 6.92 Å². The van der Waals surface area contributed by atoms with Crippen molar-refractivity contribution in [2.45, 2.75) is 32.0 Å². The smallest absolute Gasteiger partial charge is 0.343 e.